The molecule has 0 aliphatic rings. The van der Waals surface area contributed by atoms with Crippen molar-refractivity contribution < 1.29 is 17.6 Å². The molecule has 1 atom stereocenters. The molecule has 2 rings (SSSR count). The zero-order valence-corrected chi connectivity index (χ0v) is 13.6. The number of anilines is 1. The van der Waals surface area contributed by atoms with Gasteiger partial charge in [-0.1, -0.05) is 0 Å². The van der Waals surface area contributed by atoms with E-state index in [4.69, 9.17) is 0 Å². The van der Waals surface area contributed by atoms with Crippen LogP contribution in [-0.2, 0) is 14.6 Å². The predicted octanol–water partition coefficient (Wildman–Crippen LogP) is 2.72. The Morgan fingerprint density at radius 1 is 1.26 bits per heavy atom. The summed E-state index contributed by atoms with van der Waals surface area (Å²) in [5.74, 6) is -0.920. The molecular formula is C16H17FN2O3S. The van der Waals surface area contributed by atoms with Crippen molar-refractivity contribution in [2.45, 2.75) is 30.4 Å². The highest BCUT2D eigenvalue weighted by Gasteiger charge is 2.25. The van der Waals surface area contributed by atoms with E-state index in [0.29, 0.717) is 5.69 Å². The molecule has 0 saturated heterocycles. The van der Waals surface area contributed by atoms with Gasteiger partial charge in [0.25, 0.3) is 0 Å². The van der Waals surface area contributed by atoms with Gasteiger partial charge >= 0.3 is 0 Å². The molecule has 5 nitrogen and oxygen atoms in total. The lowest BCUT2D eigenvalue weighted by Crippen LogP contribution is -2.25. The van der Waals surface area contributed by atoms with Crippen LogP contribution in [0, 0.1) is 12.7 Å². The summed E-state index contributed by atoms with van der Waals surface area (Å²) in [6.07, 6.45) is 1.37. The van der Waals surface area contributed by atoms with E-state index in [-0.39, 0.29) is 11.3 Å². The summed E-state index contributed by atoms with van der Waals surface area (Å²) < 4.78 is 37.6. The number of pyridine rings is 1. The van der Waals surface area contributed by atoms with E-state index >= 15 is 0 Å². The number of nitrogens with one attached hydrogen (secondary N) is 1. The number of aryl methyl sites for hydroxylation is 1. The molecule has 1 aromatic carbocycles. The molecule has 0 bridgehead atoms. The van der Waals surface area contributed by atoms with Crippen LogP contribution in [0.25, 0.3) is 0 Å². The molecule has 1 aromatic heterocycles. The SMILES string of the molecule is Cc1cc(NC(=O)CC(C)S(=O)(=O)c2ccc(F)cc2)ccn1. The van der Waals surface area contributed by atoms with Gasteiger partial charge in [-0.15, -0.1) is 0 Å². The van der Waals surface area contributed by atoms with Crippen LogP contribution in [0.3, 0.4) is 0 Å². The summed E-state index contributed by atoms with van der Waals surface area (Å²) in [5.41, 5.74) is 1.31. The van der Waals surface area contributed by atoms with Crippen molar-refractivity contribution in [3.63, 3.8) is 0 Å². The van der Waals surface area contributed by atoms with Gasteiger partial charge in [-0.2, -0.15) is 0 Å². The fraction of sp³-hybridized carbons (Fsp3) is 0.250. The van der Waals surface area contributed by atoms with Gasteiger partial charge in [0.05, 0.1) is 10.1 Å². The maximum absolute atomic E-state index is 12.9. The largest absolute Gasteiger partial charge is 0.326 e. The molecular weight excluding hydrogens is 319 g/mol. The van der Waals surface area contributed by atoms with Gasteiger partial charge in [0, 0.05) is 24.0 Å². The third kappa shape index (κ3) is 4.35. The monoisotopic (exact) mass is 336 g/mol. The van der Waals surface area contributed by atoms with Gasteiger partial charge in [0.15, 0.2) is 9.84 Å². The molecule has 0 aliphatic heterocycles. The first kappa shape index (κ1) is 17.1. The fourth-order valence-electron chi connectivity index (χ4n) is 2.06. The summed E-state index contributed by atoms with van der Waals surface area (Å²) in [5, 5.41) is 1.72. The number of sulfone groups is 1. The van der Waals surface area contributed by atoms with Gasteiger partial charge < -0.3 is 5.32 Å². The summed E-state index contributed by atoms with van der Waals surface area (Å²) in [7, 11) is -3.69. The number of hydrogen-bond acceptors (Lipinski definition) is 4. The van der Waals surface area contributed by atoms with E-state index in [1.807, 2.05) is 0 Å². The molecule has 0 spiro atoms. The summed E-state index contributed by atoms with van der Waals surface area (Å²) in [6, 6.07) is 7.89. The highest BCUT2D eigenvalue weighted by Crippen LogP contribution is 2.19. The lowest BCUT2D eigenvalue weighted by atomic mass is 10.3. The fourth-order valence-corrected chi connectivity index (χ4v) is 3.41. The first-order chi connectivity index (χ1) is 10.8. The molecule has 1 unspecified atom stereocenters. The highest BCUT2D eigenvalue weighted by molar-refractivity contribution is 7.92. The Hall–Kier alpha value is -2.28. The first-order valence-electron chi connectivity index (χ1n) is 7.01. The molecule has 122 valence electrons. The minimum absolute atomic E-state index is 0.000967. The van der Waals surface area contributed by atoms with Crippen molar-refractivity contribution >= 4 is 21.4 Å². The average Bonchev–Trinajstić information content (AvgIpc) is 2.47. The highest BCUT2D eigenvalue weighted by atomic mass is 32.2. The lowest BCUT2D eigenvalue weighted by Gasteiger charge is -2.13. The van der Waals surface area contributed by atoms with Crippen LogP contribution in [0.4, 0.5) is 10.1 Å². The molecule has 1 amide bonds. The maximum atomic E-state index is 12.9. The number of nitrogens with zero attached hydrogens (tertiary/aromatic N) is 1. The molecule has 1 heterocycles. The standard InChI is InChI=1S/C16H17FN2O3S/c1-11-9-14(7-8-18-11)19-16(20)10-12(2)23(21,22)15-5-3-13(17)4-6-15/h3-9,12H,10H2,1-2H3,(H,18,19,20). The quantitative estimate of drug-likeness (QED) is 0.852. The second-order valence-electron chi connectivity index (χ2n) is 5.25. The third-order valence-electron chi connectivity index (χ3n) is 3.33. The number of hydrogen-bond donors (Lipinski definition) is 1. The molecule has 0 radical (unpaired) electrons. The van der Waals surface area contributed by atoms with E-state index in [2.05, 4.69) is 10.3 Å². The minimum atomic E-state index is -3.69. The van der Waals surface area contributed by atoms with Crippen molar-refractivity contribution in [2.24, 2.45) is 0 Å². The van der Waals surface area contributed by atoms with Crippen molar-refractivity contribution in [1.29, 1.82) is 0 Å². The molecule has 2 aromatic rings. The van der Waals surface area contributed by atoms with E-state index < -0.39 is 26.8 Å². The first-order valence-corrected chi connectivity index (χ1v) is 8.55. The van der Waals surface area contributed by atoms with Crippen molar-refractivity contribution in [3.8, 4) is 0 Å². The van der Waals surface area contributed by atoms with Crippen LogP contribution in [0.5, 0.6) is 0 Å². The Balaban J connectivity index is 2.06. The number of aromatic nitrogens is 1. The molecule has 23 heavy (non-hydrogen) atoms. The lowest BCUT2D eigenvalue weighted by molar-refractivity contribution is -0.116. The van der Waals surface area contributed by atoms with Crippen LogP contribution in [0.2, 0.25) is 0 Å². The zero-order chi connectivity index (χ0) is 17.0. The molecule has 1 N–H and O–H groups in total. The van der Waals surface area contributed by atoms with Crippen LogP contribution in [-0.4, -0.2) is 24.6 Å². The molecule has 7 heteroatoms. The Morgan fingerprint density at radius 2 is 1.91 bits per heavy atom. The topological polar surface area (TPSA) is 76.1 Å². The number of halogens is 1. The molecule has 0 saturated carbocycles. The average molecular weight is 336 g/mol. The Morgan fingerprint density at radius 3 is 2.52 bits per heavy atom. The zero-order valence-electron chi connectivity index (χ0n) is 12.8. The van der Waals surface area contributed by atoms with E-state index in [0.717, 1.165) is 17.8 Å². The number of amides is 1. The van der Waals surface area contributed by atoms with Crippen LogP contribution in [0.15, 0.2) is 47.5 Å². The third-order valence-corrected chi connectivity index (χ3v) is 5.48. The maximum Gasteiger partial charge on any atom is 0.225 e. The van der Waals surface area contributed by atoms with Crippen molar-refractivity contribution in [1.82, 2.24) is 4.98 Å². The van der Waals surface area contributed by atoms with Gasteiger partial charge in [-0.3, -0.25) is 9.78 Å². The minimum Gasteiger partial charge on any atom is -0.326 e. The predicted molar refractivity (Wildman–Crippen MR) is 85.3 cm³/mol. The Bertz CT molecular complexity index is 804. The van der Waals surface area contributed by atoms with Gasteiger partial charge in [-0.05, 0) is 50.2 Å². The number of benzene rings is 1. The number of rotatable bonds is 5. The smallest absolute Gasteiger partial charge is 0.225 e. The summed E-state index contributed by atoms with van der Waals surface area (Å²) >= 11 is 0. The second kappa shape index (κ2) is 6.87. The number of carbonyl (C=O) groups excluding carboxylic acids is 1. The number of carbonyl (C=O) groups is 1. The second-order valence-corrected chi connectivity index (χ2v) is 7.61. The van der Waals surface area contributed by atoms with Gasteiger partial charge in [0.1, 0.15) is 5.82 Å². The Labute approximate surface area is 134 Å². The van der Waals surface area contributed by atoms with Crippen LogP contribution >= 0.6 is 0 Å². The molecule has 0 aliphatic carbocycles. The van der Waals surface area contributed by atoms with Gasteiger partial charge in [0.2, 0.25) is 5.91 Å². The van der Waals surface area contributed by atoms with Gasteiger partial charge in [-0.25, -0.2) is 12.8 Å². The summed E-state index contributed by atoms with van der Waals surface area (Å²) in [6.45, 7) is 3.24. The van der Waals surface area contributed by atoms with E-state index in [1.54, 1.807) is 25.3 Å². The van der Waals surface area contributed by atoms with Crippen molar-refractivity contribution in [2.75, 3.05) is 5.32 Å². The van der Waals surface area contributed by atoms with Crippen LogP contribution in [0.1, 0.15) is 19.0 Å². The van der Waals surface area contributed by atoms with E-state index in [1.165, 1.54) is 19.1 Å². The Kier molecular flexibility index (Phi) is 5.10. The van der Waals surface area contributed by atoms with Crippen LogP contribution < -0.4 is 5.32 Å². The molecule has 0 fully saturated rings. The normalized spacial score (nSPS) is 12.7. The van der Waals surface area contributed by atoms with Crippen molar-refractivity contribution in [3.05, 3.63) is 54.1 Å². The summed E-state index contributed by atoms with van der Waals surface area (Å²) in [4.78, 5) is 16.0. The van der Waals surface area contributed by atoms with E-state index in [9.17, 15) is 17.6 Å².